The van der Waals surface area contributed by atoms with Crippen LogP contribution in [0.25, 0.3) is 0 Å². The van der Waals surface area contributed by atoms with E-state index in [0.29, 0.717) is 5.92 Å². The molecule has 19 heavy (non-hydrogen) atoms. The molecule has 2 N–H and O–H groups in total. The average Bonchev–Trinajstić information content (AvgIpc) is 2.97. The van der Waals surface area contributed by atoms with E-state index in [9.17, 15) is 9.59 Å². The zero-order chi connectivity index (χ0) is 13.8. The van der Waals surface area contributed by atoms with Crippen molar-refractivity contribution in [2.24, 2.45) is 5.92 Å². The van der Waals surface area contributed by atoms with Crippen molar-refractivity contribution in [2.45, 2.75) is 64.0 Å². The third-order valence-corrected chi connectivity index (χ3v) is 4.35. The number of nitrogens with zero attached hydrogens (tertiary/aromatic N) is 1. The van der Waals surface area contributed by atoms with Crippen LogP contribution >= 0.6 is 0 Å². The van der Waals surface area contributed by atoms with Gasteiger partial charge in [0.25, 0.3) is 0 Å². The van der Waals surface area contributed by atoms with Crippen LogP contribution < -0.4 is 5.32 Å². The lowest BCUT2D eigenvalue weighted by Gasteiger charge is -2.29. The van der Waals surface area contributed by atoms with E-state index in [4.69, 9.17) is 5.11 Å². The number of carbonyl (C=O) groups excluding carboxylic acids is 1. The minimum absolute atomic E-state index is 0.106. The van der Waals surface area contributed by atoms with E-state index in [1.54, 1.807) is 0 Å². The van der Waals surface area contributed by atoms with Gasteiger partial charge in [0.1, 0.15) is 6.54 Å². The Morgan fingerprint density at radius 1 is 1.21 bits per heavy atom. The van der Waals surface area contributed by atoms with Crippen molar-refractivity contribution in [1.82, 2.24) is 10.2 Å². The molecule has 0 aliphatic heterocycles. The van der Waals surface area contributed by atoms with Crippen molar-refractivity contribution in [3.8, 4) is 0 Å². The van der Waals surface area contributed by atoms with Gasteiger partial charge in [-0.05, 0) is 38.0 Å². The first-order chi connectivity index (χ1) is 9.06. The Hall–Kier alpha value is -1.26. The molecule has 108 valence electrons. The van der Waals surface area contributed by atoms with Crippen molar-refractivity contribution < 1.29 is 14.7 Å². The molecular weight excluding hydrogens is 244 g/mol. The largest absolute Gasteiger partial charge is 0.480 e. The summed E-state index contributed by atoms with van der Waals surface area (Å²) >= 11 is 0. The van der Waals surface area contributed by atoms with Crippen LogP contribution in [-0.4, -0.2) is 40.6 Å². The van der Waals surface area contributed by atoms with Gasteiger partial charge in [-0.1, -0.05) is 19.8 Å². The predicted molar refractivity (Wildman–Crippen MR) is 71.9 cm³/mol. The van der Waals surface area contributed by atoms with Crippen LogP contribution in [-0.2, 0) is 4.79 Å². The minimum atomic E-state index is -0.929. The van der Waals surface area contributed by atoms with Gasteiger partial charge in [0.15, 0.2) is 0 Å². The molecule has 0 saturated heterocycles. The summed E-state index contributed by atoms with van der Waals surface area (Å²) < 4.78 is 0. The molecule has 2 amide bonds. The fourth-order valence-electron chi connectivity index (χ4n) is 3.32. The molecule has 0 aromatic rings. The summed E-state index contributed by atoms with van der Waals surface area (Å²) in [6.45, 7) is 2.01. The summed E-state index contributed by atoms with van der Waals surface area (Å²) in [5.74, 6) is -0.272. The predicted octanol–water partition coefficient (Wildman–Crippen LogP) is 2.21. The number of nitrogens with one attached hydrogen (secondary N) is 1. The first kappa shape index (κ1) is 14.2. The highest BCUT2D eigenvalue weighted by Crippen LogP contribution is 2.26. The van der Waals surface area contributed by atoms with Crippen molar-refractivity contribution in [3.05, 3.63) is 0 Å². The van der Waals surface area contributed by atoms with Crippen molar-refractivity contribution >= 4 is 12.0 Å². The number of carboxylic acids is 1. The fraction of sp³-hybridized carbons (Fsp3) is 0.857. The van der Waals surface area contributed by atoms with Gasteiger partial charge >= 0.3 is 12.0 Å². The van der Waals surface area contributed by atoms with Gasteiger partial charge in [-0.25, -0.2) is 4.79 Å². The van der Waals surface area contributed by atoms with Gasteiger partial charge < -0.3 is 15.3 Å². The maximum absolute atomic E-state index is 12.3. The lowest BCUT2D eigenvalue weighted by Crippen LogP contribution is -2.50. The number of carbonyl (C=O) groups is 2. The third kappa shape index (κ3) is 3.85. The quantitative estimate of drug-likeness (QED) is 0.821. The van der Waals surface area contributed by atoms with E-state index < -0.39 is 5.97 Å². The van der Waals surface area contributed by atoms with Crippen molar-refractivity contribution in [3.63, 3.8) is 0 Å². The Morgan fingerprint density at radius 2 is 1.89 bits per heavy atom. The summed E-state index contributed by atoms with van der Waals surface area (Å²) in [7, 11) is 0. The van der Waals surface area contributed by atoms with E-state index in [1.807, 2.05) is 0 Å². The number of aliphatic carboxylic acids is 1. The number of carboxylic acid groups (broad SMARTS) is 1. The number of urea groups is 1. The van der Waals surface area contributed by atoms with E-state index in [1.165, 1.54) is 4.90 Å². The van der Waals surface area contributed by atoms with Crippen LogP contribution in [0.1, 0.15) is 51.9 Å². The molecule has 2 fully saturated rings. The minimum Gasteiger partial charge on any atom is -0.480 e. The number of hydrogen-bond donors (Lipinski definition) is 2. The van der Waals surface area contributed by atoms with Gasteiger partial charge in [-0.2, -0.15) is 0 Å². The topological polar surface area (TPSA) is 69.6 Å². The van der Waals surface area contributed by atoms with Crippen LogP contribution in [0.4, 0.5) is 4.79 Å². The zero-order valence-electron chi connectivity index (χ0n) is 11.6. The summed E-state index contributed by atoms with van der Waals surface area (Å²) in [4.78, 5) is 24.7. The Morgan fingerprint density at radius 3 is 2.42 bits per heavy atom. The highest BCUT2D eigenvalue weighted by Gasteiger charge is 2.31. The summed E-state index contributed by atoms with van der Waals surface area (Å²) in [5, 5.41) is 12.0. The van der Waals surface area contributed by atoms with Gasteiger partial charge in [-0.3, -0.25) is 4.79 Å². The van der Waals surface area contributed by atoms with Crippen molar-refractivity contribution in [1.29, 1.82) is 0 Å². The Bertz CT molecular complexity index is 340. The Kier molecular flexibility index (Phi) is 4.66. The lowest BCUT2D eigenvalue weighted by molar-refractivity contribution is -0.138. The highest BCUT2D eigenvalue weighted by atomic mass is 16.4. The lowest BCUT2D eigenvalue weighted by atomic mass is 10.1. The molecule has 0 aromatic heterocycles. The maximum atomic E-state index is 12.3. The number of rotatable bonds is 4. The molecule has 0 aromatic carbocycles. The maximum Gasteiger partial charge on any atom is 0.323 e. The molecule has 2 unspecified atom stereocenters. The summed E-state index contributed by atoms with van der Waals surface area (Å²) in [6.07, 6.45) is 7.22. The smallest absolute Gasteiger partial charge is 0.323 e. The van der Waals surface area contributed by atoms with Crippen LogP contribution in [0.2, 0.25) is 0 Å². The van der Waals surface area contributed by atoms with Crippen LogP contribution in [0.3, 0.4) is 0 Å². The average molecular weight is 268 g/mol. The Labute approximate surface area is 114 Å². The van der Waals surface area contributed by atoms with E-state index >= 15 is 0 Å². The van der Waals surface area contributed by atoms with E-state index in [-0.39, 0.29) is 24.7 Å². The fourth-order valence-corrected chi connectivity index (χ4v) is 3.32. The first-order valence-electron chi connectivity index (χ1n) is 7.35. The molecular formula is C14H24N2O3. The van der Waals surface area contributed by atoms with Gasteiger partial charge in [0.05, 0.1) is 0 Å². The molecule has 2 rings (SSSR count). The van der Waals surface area contributed by atoms with Gasteiger partial charge in [-0.15, -0.1) is 0 Å². The SMILES string of the molecule is CC1CCC(NC(=O)N(CC(=O)O)C2CCCC2)C1. The summed E-state index contributed by atoms with van der Waals surface area (Å²) in [5.41, 5.74) is 0. The molecule has 5 nitrogen and oxygen atoms in total. The standard InChI is InChI=1S/C14H24N2O3/c1-10-6-7-11(8-10)15-14(19)16(9-13(17)18)12-4-2-3-5-12/h10-12H,2-9H2,1H3,(H,15,19)(H,17,18). The summed E-state index contributed by atoms with van der Waals surface area (Å²) in [6, 6.07) is 0.142. The molecule has 2 aliphatic carbocycles. The van der Waals surface area contributed by atoms with E-state index in [2.05, 4.69) is 12.2 Å². The van der Waals surface area contributed by atoms with E-state index in [0.717, 1.165) is 44.9 Å². The second-order valence-electron chi connectivity index (χ2n) is 6.02. The molecule has 0 radical (unpaired) electrons. The molecule has 0 spiro atoms. The van der Waals surface area contributed by atoms with Gasteiger partial charge in [0.2, 0.25) is 0 Å². The van der Waals surface area contributed by atoms with Crippen LogP contribution in [0.5, 0.6) is 0 Å². The second kappa shape index (κ2) is 6.26. The molecule has 2 atom stereocenters. The molecule has 5 heteroatoms. The molecule has 0 heterocycles. The normalized spacial score (nSPS) is 27.4. The second-order valence-corrected chi connectivity index (χ2v) is 6.02. The highest BCUT2D eigenvalue weighted by molar-refractivity contribution is 5.80. The Balaban J connectivity index is 1.92. The molecule has 0 bridgehead atoms. The monoisotopic (exact) mass is 268 g/mol. The van der Waals surface area contributed by atoms with Crippen LogP contribution in [0, 0.1) is 5.92 Å². The van der Waals surface area contributed by atoms with Crippen molar-refractivity contribution in [2.75, 3.05) is 6.54 Å². The molecule has 2 saturated carbocycles. The number of hydrogen-bond acceptors (Lipinski definition) is 2. The molecule has 2 aliphatic rings. The number of amides is 2. The van der Waals surface area contributed by atoms with Crippen LogP contribution in [0.15, 0.2) is 0 Å². The van der Waals surface area contributed by atoms with Gasteiger partial charge in [0, 0.05) is 12.1 Å². The zero-order valence-corrected chi connectivity index (χ0v) is 11.6. The third-order valence-electron chi connectivity index (χ3n) is 4.35. The first-order valence-corrected chi connectivity index (χ1v) is 7.35.